The molecule has 0 spiro atoms. The number of rotatable bonds is 7. The third-order valence-electron chi connectivity index (χ3n) is 3.25. The van der Waals surface area contributed by atoms with E-state index in [0.29, 0.717) is 12.1 Å². The molecule has 1 aromatic rings. The van der Waals surface area contributed by atoms with Gasteiger partial charge in [0.15, 0.2) is 0 Å². The average Bonchev–Trinajstić information content (AvgIpc) is 2.65. The predicted molar refractivity (Wildman–Crippen MR) is 75.5 cm³/mol. The van der Waals surface area contributed by atoms with Gasteiger partial charge in [0.25, 0.3) is 0 Å². The minimum Gasteiger partial charge on any atom is -0.314 e. The molecule has 108 valence electrons. The van der Waals surface area contributed by atoms with Crippen molar-refractivity contribution in [2.45, 2.75) is 59.5 Å². The minimum atomic E-state index is -0.310. The van der Waals surface area contributed by atoms with Gasteiger partial charge in [-0.25, -0.2) is 0 Å². The summed E-state index contributed by atoms with van der Waals surface area (Å²) in [6, 6.07) is 0.374. The molecule has 0 aliphatic carbocycles. The number of hydrogen-bond acceptors (Lipinski definition) is 4. The zero-order chi connectivity index (χ0) is 14.6. The number of aromatic nitrogens is 2. The zero-order valence-corrected chi connectivity index (χ0v) is 12.4. The fourth-order valence-electron chi connectivity index (χ4n) is 2.32. The van der Waals surface area contributed by atoms with Crippen molar-refractivity contribution < 1.29 is 4.92 Å². The summed E-state index contributed by atoms with van der Waals surface area (Å²) in [5.41, 5.74) is 1.40. The van der Waals surface area contributed by atoms with Crippen LogP contribution in [-0.2, 0) is 6.42 Å². The van der Waals surface area contributed by atoms with Gasteiger partial charge in [-0.3, -0.25) is 14.8 Å². The molecule has 19 heavy (non-hydrogen) atoms. The van der Waals surface area contributed by atoms with Gasteiger partial charge in [-0.1, -0.05) is 13.8 Å². The lowest BCUT2D eigenvalue weighted by molar-refractivity contribution is -0.386. The molecule has 1 atom stereocenters. The summed E-state index contributed by atoms with van der Waals surface area (Å²) in [5.74, 6) is 0. The van der Waals surface area contributed by atoms with Gasteiger partial charge in [-0.2, -0.15) is 5.10 Å². The smallest absolute Gasteiger partial charge is 0.313 e. The number of nitrogens with one attached hydrogen (secondary N) is 1. The maximum Gasteiger partial charge on any atom is 0.313 e. The summed E-state index contributed by atoms with van der Waals surface area (Å²) in [6.07, 6.45) is 1.58. The Morgan fingerprint density at radius 2 is 2.05 bits per heavy atom. The van der Waals surface area contributed by atoms with E-state index in [1.54, 1.807) is 11.6 Å². The molecule has 0 aliphatic heterocycles. The number of nitrogens with zero attached hydrogens (tertiary/aromatic N) is 3. The molecule has 6 nitrogen and oxygen atoms in total. The van der Waals surface area contributed by atoms with Crippen LogP contribution in [0.3, 0.4) is 0 Å². The normalized spacial score (nSPS) is 12.9. The van der Waals surface area contributed by atoms with E-state index in [-0.39, 0.29) is 22.7 Å². The van der Waals surface area contributed by atoms with Gasteiger partial charge in [-0.15, -0.1) is 0 Å². The molecule has 6 heteroatoms. The number of hydrogen-bond donors (Lipinski definition) is 1. The Bertz CT molecular complexity index is 440. The quantitative estimate of drug-likeness (QED) is 0.609. The summed E-state index contributed by atoms with van der Waals surface area (Å²) in [4.78, 5) is 10.9. The van der Waals surface area contributed by atoms with Crippen LogP contribution in [0.5, 0.6) is 0 Å². The highest BCUT2D eigenvalue weighted by Gasteiger charge is 2.27. The number of aryl methyl sites for hydroxylation is 1. The summed E-state index contributed by atoms with van der Waals surface area (Å²) < 4.78 is 1.79. The molecule has 0 saturated carbocycles. The molecular weight excluding hydrogens is 244 g/mol. The summed E-state index contributed by atoms with van der Waals surface area (Å²) >= 11 is 0. The second-order valence-electron chi connectivity index (χ2n) is 5.04. The van der Waals surface area contributed by atoms with Crippen molar-refractivity contribution >= 4 is 5.69 Å². The SMILES string of the molecule is CCNC(CC)Cc1c([N+](=O)[O-])c(C)nn1C(C)C. The Labute approximate surface area is 114 Å². The minimum absolute atomic E-state index is 0.126. The molecule has 0 radical (unpaired) electrons. The molecule has 1 rings (SSSR count). The maximum atomic E-state index is 11.2. The Kier molecular flexibility index (Phi) is 5.47. The number of likely N-dealkylation sites (N-methyl/N-ethyl adjacent to an activating group) is 1. The van der Waals surface area contributed by atoms with Crippen molar-refractivity contribution in [1.29, 1.82) is 0 Å². The Balaban J connectivity index is 3.17. The van der Waals surface area contributed by atoms with Gasteiger partial charge in [0.05, 0.1) is 4.92 Å². The van der Waals surface area contributed by atoms with Crippen LogP contribution in [0.1, 0.15) is 51.5 Å². The molecule has 0 amide bonds. The van der Waals surface area contributed by atoms with Gasteiger partial charge in [0.1, 0.15) is 11.4 Å². The van der Waals surface area contributed by atoms with Crippen LogP contribution in [0.15, 0.2) is 0 Å². The third kappa shape index (κ3) is 3.53. The topological polar surface area (TPSA) is 73.0 Å². The van der Waals surface area contributed by atoms with Crippen LogP contribution in [-0.4, -0.2) is 27.3 Å². The Morgan fingerprint density at radius 3 is 2.47 bits per heavy atom. The van der Waals surface area contributed by atoms with E-state index in [1.165, 1.54) is 0 Å². The average molecular weight is 268 g/mol. The summed E-state index contributed by atoms with van der Waals surface area (Å²) in [5, 5.41) is 18.9. The highest BCUT2D eigenvalue weighted by molar-refractivity contribution is 5.41. The molecule has 0 fully saturated rings. The predicted octanol–water partition coefficient (Wildman–Crippen LogP) is 2.61. The van der Waals surface area contributed by atoms with E-state index in [0.717, 1.165) is 18.7 Å². The first-order valence-corrected chi connectivity index (χ1v) is 6.88. The first-order valence-electron chi connectivity index (χ1n) is 6.88. The van der Waals surface area contributed by atoms with Gasteiger partial charge in [0.2, 0.25) is 0 Å². The lowest BCUT2D eigenvalue weighted by Gasteiger charge is -2.17. The second-order valence-corrected chi connectivity index (χ2v) is 5.04. The molecule has 1 N–H and O–H groups in total. The third-order valence-corrected chi connectivity index (χ3v) is 3.25. The monoisotopic (exact) mass is 268 g/mol. The maximum absolute atomic E-state index is 11.2. The van der Waals surface area contributed by atoms with Crippen molar-refractivity contribution in [1.82, 2.24) is 15.1 Å². The second kappa shape index (κ2) is 6.65. The molecule has 1 heterocycles. The molecular formula is C13H24N4O2. The Hall–Kier alpha value is -1.43. The molecule has 0 aliphatic rings. The molecule has 1 aromatic heterocycles. The number of nitro groups is 1. The van der Waals surface area contributed by atoms with E-state index in [4.69, 9.17) is 0 Å². The molecule has 0 saturated heterocycles. The zero-order valence-electron chi connectivity index (χ0n) is 12.4. The fraction of sp³-hybridized carbons (Fsp3) is 0.769. The van der Waals surface area contributed by atoms with E-state index in [1.807, 2.05) is 20.8 Å². The van der Waals surface area contributed by atoms with Crippen molar-refractivity contribution in [3.05, 3.63) is 21.5 Å². The highest BCUT2D eigenvalue weighted by Crippen LogP contribution is 2.27. The van der Waals surface area contributed by atoms with Crippen molar-refractivity contribution in [2.24, 2.45) is 0 Å². The van der Waals surface area contributed by atoms with Crippen LogP contribution < -0.4 is 5.32 Å². The molecule has 0 aromatic carbocycles. The van der Waals surface area contributed by atoms with E-state index >= 15 is 0 Å². The largest absolute Gasteiger partial charge is 0.314 e. The van der Waals surface area contributed by atoms with E-state index < -0.39 is 0 Å². The lowest BCUT2D eigenvalue weighted by Crippen LogP contribution is -2.31. The molecule has 1 unspecified atom stereocenters. The van der Waals surface area contributed by atoms with E-state index in [9.17, 15) is 10.1 Å². The van der Waals surface area contributed by atoms with Crippen LogP contribution in [0.25, 0.3) is 0 Å². The van der Waals surface area contributed by atoms with E-state index in [2.05, 4.69) is 17.3 Å². The highest BCUT2D eigenvalue weighted by atomic mass is 16.6. The first-order chi connectivity index (χ1) is 8.92. The summed E-state index contributed by atoms with van der Waals surface area (Å²) in [6.45, 7) is 10.7. The fourth-order valence-corrected chi connectivity index (χ4v) is 2.32. The van der Waals surface area contributed by atoms with Gasteiger partial charge < -0.3 is 5.32 Å². The van der Waals surface area contributed by atoms with Crippen molar-refractivity contribution in [3.8, 4) is 0 Å². The summed E-state index contributed by atoms with van der Waals surface area (Å²) in [7, 11) is 0. The molecule has 0 bridgehead atoms. The Morgan fingerprint density at radius 1 is 1.42 bits per heavy atom. The van der Waals surface area contributed by atoms with Crippen LogP contribution in [0, 0.1) is 17.0 Å². The lowest BCUT2D eigenvalue weighted by atomic mass is 10.1. The van der Waals surface area contributed by atoms with Gasteiger partial charge in [0, 0.05) is 18.5 Å². The first kappa shape index (κ1) is 15.6. The van der Waals surface area contributed by atoms with Gasteiger partial charge >= 0.3 is 5.69 Å². The van der Waals surface area contributed by atoms with Crippen molar-refractivity contribution in [3.63, 3.8) is 0 Å². The van der Waals surface area contributed by atoms with Crippen LogP contribution in [0.2, 0.25) is 0 Å². The van der Waals surface area contributed by atoms with Gasteiger partial charge in [-0.05, 0) is 33.7 Å². The van der Waals surface area contributed by atoms with Crippen LogP contribution >= 0.6 is 0 Å². The van der Waals surface area contributed by atoms with Crippen LogP contribution in [0.4, 0.5) is 5.69 Å². The van der Waals surface area contributed by atoms with Crippen molar-refractivity contribution in [2.75, 3.05) is 6.54 Å². The standard InChI is InChI=1S/C13H24N4O2/c1-6-11(14-7-2)8-12-13(17(18)19)10(5)15-16(12)9(3)4/h9,11,14H,6-8H2,1-5H3.